The molecule has 1 unspecified atom stereocenters. The summed E-state index contributed by atoms with van der Waals surface area (Å²) in [6.07, 6.45) is 0. The molecule has 0 radical (unpaired) electrons. The number of amides is 2. The van der Waals surface area contributed by atoms with E-state index in [0.717, 1.165) is 11.3 Å². The van der Waals surface area contributed by atoms with Crippen LogP contribution in [0, 0.1) is 5.92 Å². The van der Waals surface area contributed by atoms with Gasteiger partial charge in [0.15, 0.2) is 0 Å². The Kier molecular flexibility index (Phi) is 7.27. The first-order chi connectivity index (χ1) is 15.0. The third-order valence-electron chi connectivity index (χ3n) is 4.72. The van der Waals surface area contributed by atoms with Crippen LogP contribution in [0.1, 0.15) is 25.5 Å². The Morgan fingerprint density at radius 2 is 1.39 bits per heavy atom. The maximum absolute atomic E-state index is 13.1. The molecule has 0 aliphatic heterocycles. The van der Waals surface area contributed by atoms with E-state index in [4.69, 9.17) is 4.74 Å². The van der Waals surface area contributed by atoms with E-state index in [-0.39, 0.29) is 17.7 Å². The Morgan fingerprint density at radius 3 is 2.03 bits per heavy atom. The zero-order chi connectivity index (χ0) is 22.2. The van der Waals surface area contributed by atoms with E-state index < -0.39 is 6.04 Å². The van der Waals surface area contributed by atoms with Gasteiger partial charge in [-0.1, -0.05) is 50.2 Å². The standard InChI is InChI=1S/C25H27N3O3/c1-17(2)24(29)27-20-14-12-19(13-15-20)26-23(18-8-5-4-6-9-18)25(30)28-21-10-7-11-22(16-21)31-3/h4-17,23,26H,1-3H3,(H,27,29)(H,28,30). The minimum absolute atomic E-state index is 0.0412. The molecule has 0 spiro atoms. The van der Waals surface area contributed by atoms with E-state index in [1.165, 1.54) is 0 Å². The lowest BCUT2D eigenvalue weighted by molar-refractivity contribution is -0.119. The minimum Gasteiger partial charge on any atom is -0.497 e. The number of hydrogen-bond acceptors (Lipinski definition) is 4. The molecule has 0 heterocycles. The van der Waals surface area contributed by atoms with Crippen molar-refractivity contribution in [3.63, 3.8) is 0 Å². The predicted octanol–water partition coefficient (Wildman–Crippen LogP) is 5.08. The third kappa shape index (κ3) is 6.09. The smallest absolute Gasteiger partial charge is 0.251 e. The summed E-state index contributed by atoms with van der Waals surface area (Å²) in [4.78, 5) is 25.0. The highest BCUT2D eigenvalue weighted by Crippen LogP contribution is 2.24. The molecule has 3 aromatic rings. The van der Waals surface area contributed by atoms with Crippen LogP contribution in [0.5, 0.6) is 5.75 Å². The van der Waals surface area contributed by atoms with Gasteiger partial charge < -0.3 is 20.7 Å². The molecule has 0 bridgehead atoms. The van der Waals surface area contributed by atoms with E-state index in [1.54, 1.807) is 13.2 Å². The number of rotatable bonds is 8. The number of anilines is 3. The van der Waals surface area contributed by atoms with Crippen LogP contribution in [-0.4, -0.2) is 18.9 Å². The molecule has 3 rings (SSSR count). The van der Waals surface area contributed by atoms with Crippen LogP contribution in [0.4, 0.5) is 17.1 Å². The van der Waals surface area contributed by atoms with Crippen molar-refractivity contribution in [2.75, 3.05) is 23.1 Å². The molecule has 0 aromatic heterocycles. The van der Waals surface area contributed by atoms with Gasteiger partial charge in [-0.15, -0.1) is 0 Å². The van der Waals surface area contributed by atoms with Gasteiger partial charge in [0.05, 0.1) is 7.11 Å². The van der Waals surface area contributed by atoms with Crippen molar-refractivity contribution in [2.45, 2.75) is 19.9 Å². The average Bonchev–Trinajstić information content (AvgIpc) is 2.79. The summed E-state index contributed by atoms with van der Waals surface area (Å²) in [5.41, 5.74) is 2.96. The van der Waals surface area contributed by atoms with Gasteiger partial charge in [0.1, 0.15) is 11.8 Å². The van der Waals surface area contributed by atoms with Crippen LogP contribution < -0.4 is 20.7 Å². The second kappa shape index (κ2) is 10.3. The highest BCUT2D eigenvalue weighted by Gasteiger charge is 2.21. The molecule has 31 heavy (non-hydrogen) atoms. The van der Waals surface area contributed by atoms with E-state index in [0.29, 0.717) is 17.1 Å². The van der Waals surface area contributed by atoms with Gasteiger partial charge in [0.25, 0.3) is 5.91 Å². The molecule has 0 saturated carbocycles. The van der Waals surface area contributed by atoms with Gasteiger partial charge >= 0.3 is 0 Å². The van der Waals surface area contributed by atoms with Crippen LogP contribution in [0.2, 0.25) is 0 Å². The average molecular weight is 418 g/mol. The third-order valence-corrected chi connectivity index (χ3v) is 4.72. The largest absolute Gasteiger partial charge is 0.497 e. The molecule has 0 fully saturated rings. The summed E-state index contributed by atoms with van der Waals surface area (Å²) in [7, 11) is 1.59. The number of hydrogen-bond donors (Lipinski definition) is 3. The number of nitrogens with one attached hydrogen (secondary N) is 3. The molecule has 0 aliphatic carbocycles. The second-order valence-corrected chi connectivity index (χ2v) is 7.43. The van der Waals surface area contributed by atoms with Crippen LogP contribution in [0.3, 0.4) is 0 Å². The molecule has 0 saturated heterocycles. The minimum atomic E-state index is -0.608. The lowest BCUT2D eigenvalue weighted by atomic mass is 10.1. The number of carbonyl (C=O) groups excluding carboxylic acids is 2. The van der Waals surface area contributed by atoms with Crippen molar-refractivity contribution < 1.29 is 14.3 Å². The first kappa shape index (κ1) is 21.9. The van der Waals surface area contributed by atoms with Crippen LogP contribution in [0.25, 0.3) is 0 Å². The Balaban J connectivity index is 1.78. The molecule has 3 aromatic carbocycles. The van der Waals surface area contributed by atoms with Gasteiger partial charge in [0.2, 0.25) is 5.91 Å². The molecule has 3 N–H and O–H groups in total. The second-order valence-electron chi connectivity index (χ2n) is 7.43. The Bertz CT molecular complexity index is 1020. The first-order valence-corrected chi connectivity index (χ1v) is 10.1. The zero-order valence-electron chi connectivity index (χ0n) is 17.9. The van der Waals surface area contributed by atoms with Crippen molar-refractivity contribution >= 4 is 28.9 Å². The highest BCUT2D eigenvalue weighted by atomic mass is 16.5. The summed E-state index contributed by atoms with van der Waals surface area (Å²) >= 11 is 0. The monoisotopic (exact) mass is 417 g/mol. The molecule has 160 valence electrons. The van der Waals surface area contributed by atoms with E-state index in [2.05, 4.69) is 16.0 Å². The van der Waals surface area contributed by atoms with Crippen molar-refractivity contribution in [3.05, 3.63) is 84.4 Å². The molecule has 6 nitrogen and oxygen atoms in total. The molecule has 0 aliphatic rings. The molecule has 6 heteroatoms. The van der Waals surface area contributed by atoms with E-state index >= 15 is 0 Å². The maximum Gasteiger partial charge on any atom is 0.251 e. The van der Waals surface area contributed by atoms with E-state index in [1.807, 2.05) is 86.6 Å². The summed E-state index contributed by atoms with van der Waals surface area (Å²) < 4.78 is 5.23. The quantitative estimate of drug-likeness (QED) is 0.477. The number of ether oxygens (including phenoxy) is 1. The van der Waals surface area contributed by atoms with Crippen LogP contribution in [0.15, 0.2) is 78.9 Å². The number of methoxy groups -OCH3 is 1. The molecule has 2 amide bonds. The fourth-order valence-electron chi connectivity index (χ4n) is 2.96. The SMILES string of the molecule is COc1cccc(NC(=O)C(Nc2ccc(NC(=O)C(C)C)cc2)c2ccccc2)c1. The van der Waals surface area contributed by atoms with Crippen LogP contribution >= 0.6 is 0 Å². The molecular weight excluding hydrogens is 390 g/mol. The predicted molar refractivity (Wildman–Crippen MR) is 124 cm³/mol. The van der Waals surface area contributed by atoms with Crippen molar-refractivity contribution in [1.29, 1.82) is 0 Å². The zero-order valence-corrected chi connectivity index (χ0v) is 17.9. The fourth-order valence-corrected chi connectivity index (χ4v) is 2.96. The van der Waals surface area contributed by atoms with Gasteiger partial charge in [-0.05, 0) is 42.0 Å². The van der Waals surface area contributed by atoms with Gasteiger partial charge in [-0.2, -0.15) is 0 Å². The topological polar surface area (TPSA) is 79.5 Å². The molecule has 1 atom stereocenters. The van der Waals surface area contributed by atoms with Gasteiger partial charge in [-0.3, -0.25) is 9.59 Å². The Labute approximate surface area is 182 Å². The van der Waals surface area contributed by atoms with Crippen molar-refractivity contribution in [3.8, 4) is 5.75 Å². The highest BCUT2D eigenvalue weighted by molar-refractivity contribution is 5.97. The maximum atomic E-state index is 13.1. The summed E-state index contributed by atoms with van der Waals surface area (Å²) in [6, 6.07) is 23.4. The fraction of sp³-hybridized carbons (Fsp3) is 0.200. The van der Waals surface area contributed by atoms with Crippen LogP contribution in [-0.2, 0) is 9.59 Å². The van der Waals surface area contributed by atoms with Gasteiger partial charge in [0, 0.05) is 29.0 Å². The number of carbonyl (C=O) groups is 2. The Morgan fingerprint density at radius 1 is 0.742 bits per heavy atom. The lowest BCUT2D eigenvalue weighted by Crippen LogP contribution is -2.27. The van der Waals surface area contributed by atoms with E-state index in [9.17, 15) is 9.59 Å². The first-order valence-electron chi connectivity index (χ1n) is 10.1. The van der Waals surface area contributed by atoms with Crippen molar-refractivity contribution in [1.82, 2.24) is 0 Å². The summed E-state index contributed by atoms with van der Waals surface area (Å²) in [6.45, 7) is 3.69. The van der Waals surface area contributed by atoms with Gasteiger partial charge in [-0.25, -0.2) is 0 Å². The summed E-state index contributed by atoms with van der Waals surface area (Å²) in [5, 5.41) is 9.10. The number of benzene rings is 3. The summed E-state index contributed by atoms with van der Waals surface area (Å²) in [5.74, 6) is 0.332. The lowest BCUT2D eigenvalue weighted by Gasteiger charge is -2.20. The van der Waals surface area contributed by atoms with Crippen molar-refractivity contribution in [2.24, 2.45) is 5.92 Å². The normalized spacial score (nSPS) is 11.5. The molecular formula is C25H27N3O3. The Hall–Kier alpha value is -3.80.